The summed E-state index contributed by atoms with van der Waals surface area (Å²) in [5.74, 6) is -0.433. The smallest absolute Gasteiger partial charge is 0.129 e. The van der Waals surface area contributed by atoms with Crippen LogP contribution in [-0.4, -0.2) is 0 Å². The molecular weight excluding hydrogens is 223 g/mol. The molecule has 62 valence electrons. The number of nitriles is 1. The Hall–Kier alpha value is -0.920. The maximum Gasteiger partial charge on any atom is 0.129 e. The van der Waals surface area contributed by atoms with Crippen molar-refractivity contribution in [3.63, 3.8) is 0 Å². The minimum atomic E-state index is -0.433. The van der Waals surface area contributed by atoms with Crippen molar-refractivity contribution < 1.29 is 4.39 Å². The number of hydrogen-bond donors (Lipinski definition) is 1. The SMILES string of the molecule is N#Cc1cc(F)c(CN)cc1Br. The summed E-state index contributed by atoms with van der Waals surface area (Å²) in [5.41, 5.74) is 5.95. The van der Waals surface area contributed by atoms with Gasteiger partial charge in [-0.05, 0) is 28.1 Å². The van der Waals surface area contributed by atoms with E-state index in [2.05, 4.69) is 15.9 Å². The minimum absolute atomic E-state index is 0.135. The summed E-state index contributed by atoms with van der Waals surface area (Å²) < 4.78 is 13.5. The highest BCUT2D eigenvalue weighted by Crippen LogP contribution is 2.20. The summed E-state index contributed by atoms with van der Waals surface area (Å²) in [6.45, 7) is 0.135. The van der Waals surface area contributed by atoms with Crippen LogP contribution in [0.1, 0.15) is 11.1 Å². The van der Waals surface area contributed by atoms with Crippen LogP contribution in [0.4, 0.5) is 4.39 Å². The van der Waals surface area contributed by atoms with Crippen LogP contribution < -0.4 is 5.73 Å². The van der Waals surface area contributed by atoms with Gasteiger partial charge in [0.15, 0.2) is 0 Å². The molecule has 2 N–H and O–H groups in total. The van der Waals surface area contributed by atoms with E-state index in [1.54, 1.807) is 0 Å². The topological polar surface area (TPSA) is 49.8 Å². The number of benzene rings is 1. The van der Waals surface area contributed by atoms with Gasteiger partial charge >= 0.3 is 0 Å². The zero-order valence-corrected chi connectivity index (χ0v) is 7.73. The molecule has 0 fully saturated rings. The maximum atomic E-state index is 13.0. The molecule has 12 heavy (non-hydrogen) atoms. The molecule has 0 aromatic heterocycles. The molecule has 2 nitrogen and oxygen atoms in total. The van der Waals surface area contributed by atoms with Crippen LogP contribution in [0.3, 0.4) is 0 Å². The number of halogens is 2. The van der Waals surface area contributed by atoms with Crippen LogP contribution >= 0.6 is 15.9 Å². The van der Waals surface area contributed by atoms with E-state index in [0.29, 0.717) is 10.0 Å². The van der Waals surface area contributed by atoms with Crippen molar-refractivity contribution >= 4 is 15.9 Å². The molecule has 0 aliphatic heterocycles. The van der Waals surface area contributed by atoms with Gasteiger partial charge in [-0.1, -0.05) is 0 Å². The van der Waals surface area contributed by atoms with E-state index in [1.165, 1.54) is 12.1 Å². The lowest BCUT2D eigenvalue weighted by Gasteiger charge is -2.01. The molecule has 0 aliphatic carbocycles. The van der Waals surface area contributed by atoms with E-state index in [9.17, 15) is 4.39 Å². The quantitative estimate of drug-likeness (QED) is 0.799. The number of rotatable bonds is 1. The van der Waals surface area contributed by atoms with E-state index in [1.807, 2.05) is 6.07 Å². The Labute approximate surface area is 77.9 Å². The minimum Gasteiger partial charge on any atom is -0.326 e. The van der Waals surface area contributed by atoms with Gasteiger partial charge in [-0.25, -0.2) is 4.39 Å². The number of nitrogens with two attached hydrogens (primary N) is 1. The van der Waals surface area contributed by atoms with Crippen molar-refractivity contribution in [1.82, 2.24) is 0 Å². The maximum absolute atomic E-state index is 13.0. The predicted molar refractivity (Wildman–Crippen MR) is 46.7 cm³/mol. The normalized spacial score (nSPS) is 9.50. The largest absolute Gasteiger partial charge is 0.326 e. The number of hydrogen-bond acceptors (Lipinski definition) is 2. The fourth-order valence-corrected chi connectivity index (χ4v) is 1.31. The van der Waals surface area contributed by atoms with Crippen LogP contribution in [0.2, 0.25) is 0 Å². The van der Waals surface area contributed by atoms with Crippen LogP contribution in [0.25, 0.3) is 0 Å². The van der Waals surface area contributed by atoms with Gasteiger partial charge in [0.25, 0.3) is 0 Å². The molecule has 4 heteroatoms. The molecule has 0 amide bonds. The van der Waals surface area contributed by atoms with Gasteiger partial charge in [0.2, 0.25) is 0 Å². The first-order valence-corrected chi connectivity index (χ1v) is 4.06. The third-order valence-corrected chi connectivity index (χ3v) is 2.13. The summed E-state index contributed by atoms with van der Waals surface area (Å²) >= 11 is 3.14. The second-order valence-electron chi connectivity index (χ2n) is 2.24. The molecule has 1 aromatic rings. The van der Waals surface area contributed by atoms with E-state index in [0.717, 1.165) is 0 Å². The molecule has 0 saturated carbocycles. The van der Waals surface area contributed by atoms with Crippen molar-refractivity contribution in [2.75, 3.05) is 0 Å². The molecule has 0 unspecified atom stereocenters. The molecule has 0 atom stereocenters. The van der Waals surface area contributed by atoms with Gasteiger partial charge in [-0.2, -0.15) is 5.26 Å². The monoisotopic (exact) mass is 228 g/mol. The number of nitrogens with zero attached hydrogens (tertiary/aromatic N) is 1. The highest BCUT2D eigenvalue weighted by Gasteiger charge is 2.05. The fourth-order valence-electron chi connectivity index (χ4n) is 0.830. The summed E-state index contributed by atoms with van der Waals surface area (Å²) in [4.78, 5) is 0. The molecule has 0 bridgehead atoms. The molecule has 0 saturated heterocycles. The average molecular weight is 229 g/mol. The van der Waals surface area contributed by atoms with Crippen LogP contribution in [0.5, 0.6) is 0 Å². The Kier molecular flexibility index (Phi) is 2.79. The van der Waals surface area contributed by atoms with E-state index >= 15 is 0 Å². The van der Waals surface area contributed by atoms with Crippen LogP contribution in [0.15, 0.2) is 16.6 Å². The van der Waals surface area contributed by atoms with Crippen molar-refractivity contribution in [2.45, 2.75) is 6.54 Å². The Balaban J connectivity index is 3.28. The van der Waals surface area contributed by atoms with Gasteiger partial charge in [0.05, 0.1) is 5.56 Å². The van der Waals surface area contributed by atoms with Crippen molar-refractivity contribution in [3.8, 4) is 6.07 Å². The fraction of sp³-hybridized carbons (Fsp3) is 0.125. The van der Waals surface area contributed by atoms with Gasteiger partial charge < -0.3 is 5.73 Å². The molecule has 0 heterocycles. The standard InChI is InChI=1S/C8H6BrFN2/c9-7-1-6(4-12)8(10)2-5(7)3-11/h1-2H,4,12H2. The van der Waals surface area contributed by atoms with E-state index in [-0.39, 0.29) is 12.1 Å². The summed E-state index contributed by atoms with van der Waals surface area (Å²) in [7, 11) is 0. The summed E-state index contributed by atoms with van der Waals surface area (Å²) in [5, 5.41) is 8.53. The third-order valence-electron chi connectivity index (χ3n) is 1.48. The predicted octanol–water partition coefficient (Wildman–Crippen LogP) is 1.92. The summed E-state index contributed by atoms with van der Waals surface area (Å²) in [6.07, 6.45) is 0. The van der Waals surface area contributed by atoms with Gasteiger partial charge in [0.1, 0.15) is 11.9 Å². The molecular formula is C8H6BrFN2. The van der Waals surface area contributed by atoms with Crippen LogP contribution in [0, 0.1) is 17.1 Å². The lowest BCUT2D eigenvalue weighted by atomic mass is 10.1. The van der Waals surface area contributed by atoms with Gasteiger partial charge in [-0.3, -0.25) is 0 Å². The first kappa shape index (κ1) is 9.17. The Bertz CT molecular complexity index is 343. The van der Waals surface area contributed by atoms with Crippen molar-refractivity contribution in [2.24, 2.45) is 5.73 Å². The second-order valence-corrected chi connectivity index (χ2v) is 3.09. The molecule has 0 spiro atoms. The first-order chi connectivity index (χ1) is 5.69. The summed E-state index contributed by atoms with van der Waals surface area (Å²) in [6, 6.07) is 4.55. The second kappa shape index (κ2) is 3.65. The highest BCUT2D eigenvalue weighted by molar-refractivity contribution is 9.10. The zero-order valence-electron chi connectivity index (χ0n) is 6.14. The van der Waals surface area contributed by atoms with Crippen molar-refractivity contribution in [1.29, 1.82) is 5.26 Å². The van der Waals surface area contributed by atoms with Crippen molar-refractivity contribution in [3.05, 3.63) is 33.5 Å². The van der Waals surface area contributed by atoms with Gasteiger partial charge in [0, 0.05) is 16.6 Å². The third kappa shape index (κ3) is 1.63. The zero-order chi connectivity index (χ0) is 9.14. The molecule has 0 aliphatic rings. The molecule has 0 radical (unpaired) electrons. The molecule has 1 rings (SSSR count). The first-order valence-electron chi connectivity index (χ1n) is 3.27. The highest BCUT2D eigenvalue weighted by atomic mass is 79.9. The Morgan fingerprint density at radius 3 is 2.75 bits per heavy atom. The average Bonchev–Trinajstić information content (AvgIpc) is 2.08. The molecule has 1 aromatic carbocycles. The lowest BCUT2D eigenvalue weighted by Crippen LogP contribution is -2.00. The lowest BCUT2D eigenvalue weighted by molar-refractivity contribution is 0.609. The Morgan fingerprint density at radius 1 is 1.58 bits per heavy atom. The van der Waals surface area contributed by atoms with E-state index in [4.69, 9.17) is 11.0 Å². The Morgan fingerprint density at radius 2 is 2.25 bits per heavy atom. The van der Waals surface area contributed by atoms with Gasteiger partial charge in [-0.15, -0.1) is 0 Å². The van der Waals surface area contributed by atoms with E-state index < -0.39 is 5.82 Å². The van der Waals surface area contributed by atoms with Crippen LogP contribution in [-0.2, 0) is 6.54 Å².